The van der Waals surface area contributed by atoms with E-state index in [1.807, 2.05) is 17.8 Å². The summed E-state index contributed by atoms with van der Waals surface area (Å²) in [4.78, 5) is 1.25. The molecule has 0 radical (unpaired) electrons. The smallest absolute Gasteiger partial charge is 0.162 e. The minimum absolute atomic E-state index is 0.532. The molecule has 0 amide bonds. The summed E-state index contributed by atoms with van der Waals surface area (Å²) in [5.41, 5.74) is 0. The number of rotatable bonds is 6. The van der Waals surface area contributed by atoms with Gasteiger partial charge in [-0.1, -0.05) is 20.8 Å². The van der Waals surface area contributed by atoms with Crippen LogP contribution in [0.4, 0.5) is 0 Å². The van der Waals surface area contributed by atoms with E-state index < -0.39 is 0 Å². The predicted molar refractivity (Wildman–Crippen MR) is 85.1 cm³/mol. The fourth-order valence-corrected chi connectivity index (χ4v) is 3.62. The maximum Gasteiger partial charge on any atom is 0.162 e. The molecule has 0 fully saturated rings. The monoisotopic (exact) mass is 295 g/mol. The SMILES string of the molecule is CCNC(CC)C(C)Sc1ccc2c(c1)OCCCO2. The van der Waals surface area contributed by atoms with Crippen LogP contribution < -0.4 is 14.8 Å². The molecule has 0 saturated heterocycles. The number of ether oxygens (including phenoxy) is 2. The molecular formula is C16H25NO2S. The second kappa shape index (κ2) is 7.79. The van der Waals surface area contributed by atoms with Crippen molar-refractivity contribution in [1.29, 1.82) is 0 Å². The fourth-order valence-electron chi connectivity index (χ4n) is 2.42. The largest absolute Gasteiger partial charge is 0.490 e. The van der Waals surface area contributed by atoms with Crippen LogP contribution in [0.15, 0.2) is 23.1 Å². The second-order valence-corrected chi connectivity index (χ2v) is 6.51. The van der Waals surface area contributed by atoms with Crippen LogP contribution in [0, 0.1) is 0 Å². The number of nitrogens with one attached hydrogen (secondary N) is 1. The van der Waals surface area contributed by atoms with Gasteiger partial charge in [0.2, 0.25) is 0 Å². The molecule has 2 atom stereocenters. The molecule has 2 unspecified atom stereocenters. The van der Waals surface area contributed by atoms with E-state index in [4.69, 9.17) is 9.47 Å². The average Bonchev–Trinajstić information content (AvgIpc) is 2.69. The summed E-state index contributed by atoms with van der Waals surface area (Å²) in [6.07, 6.45) is 2.10. The maximum absolute atomic E-state index is 5.75. The molecule has 1 N–H and O–H groups in total. The lowest BCUT2D eigenvalue weighted by Gasteiger charge is -2.23. The van der Waals surface area contributed by atoms with Crippen molar-refractivity contribution >= 4 is 11.8 Å². The molecule has 0 saturated carbocycles. The van der Waals surface area contributed by atoms with Crippen LogP contribution in [0.1, 0.15) is 33.6 Å². The van der Waals surface area contributed by atoms with Gasteiger partial charge in [0.1, 0.15) is 0 Å². The van der Waals surface area contributed by atoms with E-state index in [1.54, 1.807) is 0 Å². The summed E-state index contributed by atoms with van der Waals surface area (Å²) < 4.78 is 11.4. The minimum Gasteiger partial charge on any atom is -0.490 e. The summed E-state index contributed by atoms with van der Waals surface area (Å²) in [6.45, 7) is 9.18. The van der Waals surface area contributed by atoms with Gasteiger partial charge in [-0.2, -0.15) is 0 Å². The quantitative estimate of drug-likeness (QED) is 0.810. The third-order valence-corrected chi connectivity index (χ3v) is 4.74. The van der Waals surface area contributed by atoms with Gasteiger partial charge in [-0.05, 0) is 31.2 Å². The van der Waals surface area contributed by atoms with Gasteiger partial charge in [-0.3, -0.25) is 0 Å². The number of benzene rings is 1. The minimum atomic E-state index is 0.532. The van der Waals surface area contributed by atoms with E-state index in [-0.39, 0.29) is 0 Å². The summed E-state index contributed by atoms with van der Waals surface area (Å²) in [7, 11) is 0. The Morgan fingerprint density at radius 3 is 2.65 bits per heavy atom. The lowest BCUT2D eigenvalue weighted by Crippen LogP contribution is -2.35. The lowest BCUT2D eigenvalue weighted by molar-refractivity contribution is 0.297. The molecular weight excluding hydrogens is 270 g/mol. The second-order valence-electron chi connectivity index (χ2n) is 5.05. The van der Waals surface area contributed by atoms with Crippen molar-refractivity contribution in [2.45, 2.75) is 49.8 Å². The van der Waals surface area contributed by atoms with Crippen molar-refractivity contribution in [3.63, 3.8) is 0 Å². The number of hydrogen-bond acceptors (Lipinski definition) is 4. The van der Waals surface area contributed by atoms with Gasteiger partial charge in [-0.25, -0.2) is 0 Å². The van der Waals surface area contributed by atoms with Gasteiger partial charge in [0.05, 0.1) is 13.2 Å². The van der Waals surface area contributed by atoms with Crippen LogP contribution in [-0.4, -0.2) is 31.1 Å². The topological polar surface area (TPSA) is 30.5 Å². The Morgan fingerprint density at radius 1 is 1.20 bits per heavy atom. The van der Waals surface area contributed by atoms with Gasteiger partial charge in [0.15, 0.2) is 11.5 Å². The normalized spacial score (nSPS) is 17.4. The molecule has 2 rings (SSSR count). The Kier molecular flexibility index (Phi) is 6.05. The number of hydrogen-bond donors (Lipinski definition) is 1. The van der Waals surface area contributed by atoms with Gasteiger partial charge in [0, 0.05) is 22.6 Å². The summed E-state index contributed by atoms with van der Waals surface area (Å²) in [6, 6.07) is 6.82. The first-order valence-corrected chi connectivity index (χ1v) is 8.42. The lowest BCUT2D eigenvalue weighted by atomic mass is 10.2. The zero-order chi connectivity index (χ0) is 14.4. The van der Waals surface area contributed by atoms with Crippen LogP contribution in [-0.2, 0) is 0 Å². The Morgan fingerprint density at radius 2 is 1.95 bits per heavy atom. The Hall–Kier alpha value is -0.870. The third-order valence-electron chi connectivity index (χ3n) is 3.51. The summed E-state index contributed by atoms with van der Waals surface area (Å²) in [5, 5.41) is 4.08. The molecule has 4 heteroatoms. The third kappa shape index (κ3) is 4.06. The van der Waals surface area contributed by atoms with E-state index in [0.29, 0.717) is 11.3 Å². The highest BCUT2D eigenvalue weighted by Gasteiger charge is 2.17. The van der Waals surface area contributed by atoms with Crippen molar-refractivity contribution in [1.82, 2.24) is 5.32 Å². The van der Waals surface area contributed by atoms with E-state index >= 15 is 0 Å². The number of fused-ring (bicyclic) bond motifs is 1. The average molecular weight is 295 g/mol. The first kappa shape index (κ1) is 15.5. The van der Waals surface area contributed by atoms with E-state index in [1.165, 1.54) is 4.90 Å². The molecule has 1 aliphatic rings. The van der Waals surface area contributed by atoms with E-state index in [0.717, 1.165) is 44.1 Å². The van der Waals surface area contributed by atoms with Crippen molar-refractivity contribution in [2.24, 2.45) is 0 Å². The zero-order valence-electron chi connectivity index (χ0n) is 12.6. The van der Waals surface area contributed by atoms with Crippen LogP contribution in [0.2, 0.25) is 0 Å². The molecule has 0 bridgehead atoms. The van der Waals surface area contributed by atoms with Crippen molar-refractivity contribution in [2.75, 3.05) is 19.8 Å². The Bertz CT molecular complexity index is 425. The first-order valence-electron chi connectivity index (χ1n) is 7.54. The molecule has 0 aliphatic carbocycles. The summed E-state index contributed by atoms with van der Waals surface area (Å²) >= 11 is 1.90. The zero-order valence-corrected chi connectivity index (χ0v) is 13.5. The highest BCUT2D eigenvalue weighted by Crippen LogP contribution is 2.35. The maximum atomic E-state index is 5.75. The molecule has 3 nitrogen and oxygen atoms in total. The van der Waals surface area contributed by atoms with Crippen molar-refractivity contribution in [3.8, 4) is 11.5 Å². The van der Waals surface area contributed by atoms with Crippen LogP contribution >= 0.6 is 11.8 Å². The van der Waals surface area contributed by atoms with Crippen LogP contribution in [0.25, 0.3) is 0 Å². The highest BCUT2D eigenvalue weighted by molar-refractivity contribution is 8.00. The van der Waals surface area contributed by atoms with E-state index in [9.17, 15) is 0 Å². The Balaban J connectivity index is 2.04. The summed E-state index contributed by atoms with van der Waals surface area (Å²) in [5.74, 6) is 1.76. The molecule has 1 aliphatic heterocycles. The predicted octanol–water partition coefficient (Wildman–Crippen LogP) is 3.72. The first-order chi connectivity index (χ1) is 9.74. The highest BCUT2D eigenvalue weighted by atomic mass is 32.2. The van der Waals surface area contributed by atoms with Gasteiger partial charge < -0.3 is 14.8 Å². The molecule has 112 valence electrons. The van der Waals surface area contributed by atoms with Gasteiger partial charge >= 0.3 is 0 Å². The standard InChI is InChI=1S/C16H25NO2S/c1-4-14(17-5-2)12(3)20-13-7-8-15-16(11-13)19-10-6-9-18-15/h7-8,11-12,14,17H,4-6,9-10H2,1-3H3. The van der Waals surface area contributed by atoms with Crippen molar-refractivity contribution in [3.05, 3.63) is 18.2 Å². The van der Waals surface area contributed by atoms with Gasteiger partial charge in [-0.15, -0.1) is 11.8 Å². The Labute approximate surface area is 126 Å². The van der Waals surface area contributed by atoms with Crippen molar-refractivity contribution < 1.29 is 9.47 Å². The molecule has 1 aromatic carbocycles. The molecule has 0 aromatic heterocycles. The molecule has 0 spiro atoms. The molecule has 1 heterocycles. The molecule has 1 aromatic rings. The van der Waals surface area contributed by atoms with E-state index in [2.05, 4.69) is 38.2 Å². The number of thioether (sulfide) groups is 1. The fraction of sp³-hybridized carbons (Fsp3) is 0.625. The van der Waals surface area contributed by atoms with Gasteiger partial charge in [0.25, 0.3) is 0 Å². The van der Waals surface area contributed by atoms with Crippen LogP contribution in [0.5, 0.6) is 11.5 Å². The molecule has 20 heavy (non-hydrogen) atoms. The van der Waals surface area contributed by atoms with Crippen LogP contribution in [0.3, 0.4) is 0 Å².